The van der Waals surface area contributed by atoms with Crippen molar-refractivity contribution in [1.82, 2.24) is 0 Å². The highest BCUT2D eigenvalue weighted by Gasteiger charge is 2.66. The fourth-order valence-corrected chi connectivity index (χ4v) is 3.11. The van der Waals surface area contributed by atoms with Gasteiger partial charge in [0.15, 0.2) is 0 Å². The highest BCUT2D eigenvalue weighted by atomic mass is 14.7. The van der Waals surface area contributed by atoms with Crippen molar-refractivity contribution < 1.29 is 0 Å². The van der Waals surface area contributed by atoms with Crippen LogP contribution in [0.2, 0.25) is 0 Å². The largest absolute Gasteiger partial charge is 0.0648 e. The van der Waals surface area contributed by atoms with Crippen molar-refractivity contribution in [2.24, 2.45) is 16.7 Å². The maximum absolute atomic E-state index is 2.47. The van der Waals surface area contributed by atoms with E-state index in [0.717, 1.165) is 16.7 Å². The van der Waals surface area contributed by atoms with E-state index < -0.39 is 0 Å². The lowest BCUT2D eigenvalue weighted by Crippen LogP contribution is -2.27. The second kappa shape index (κ2) is 1.60. The molecule has 2 fully saturated rings. The van der Waals surface area contributed by atoms with Gasteiger partial charge in [-0.25, -0.2) is 0 Å². The number of hydrogen-bond donors (Lipinski definition) is 0. The van der Waals surface area contributed by atoms with E-state index in [2.05, 4.69) is 20.8 Å². The van der Waals surface area contributed by atoms with Crippen LogP contribution in [0.1, 0.15) is 46.5 Å². The minimum atomic E-state index is 0.763. The quantitative estimate of drug-likeness (QED) is 0.522. The average molecular weight is 138 g/mol. The van der Waals surface area contributed by atoms with Gasteiger partial charge in [-0.15, -0.1) is 0 Å². The predicted octanol–water partition coefficient (Wildman–Crippen LogP) is 3.22. The van der Waals surface area contributed by atoms with Gasteiger partial charge in [-0.05, 0) is 36.0 Å². The molecule has 0 aromatic heterocycles. The first kappa shape index (κ1) is 6.69. The van der Waals surface area contributed by atoms with Gasteiger partial charge in [0.1, 0.15) is 0 Å². The van der Waals surface area contributed by atoms with Crippen LogP contribution in [-0.4, -0.2) is 0 Å². The van der Waals surface area contributed by atoms with Crippen molar-refractivity contribution in [2.45, 2.75) is 46.5 Å². The highest BCUT2D eigenvalue weighted by Crippen LogP contribution is 2.76. The van der Waals surface area contributed by atoms with Gasteiger partial charge in [0.2, 0.25) is 0 Å². The standard InChI is InChI=1S/C10H18/c1-4-9(3)7-10(9)5-8(2)6-10/h8H,4-7H2,1-3H3. The summed E-state index contributed by atoms with van der Waals surface area (Å²) in [6.45, 7) is 7.20. The summed E-state index contributed by atoms with van der Waals surface area (Å²) in [5.41, 5.74) is 1.61. The predicted molar refractivity (Wildman–Crippen MR) is 43.8 cm³/mol. The molecule has 0 bridgehead atoms. The molecule has 58 valence electrons. The molecular formula is C10H18. The van der Waals surface area contributed by atoms with E-state index in [0.29, 0.717) is 0 Å². The molecule has 0 amide bonds. The SMILES string of the molecule is CCC1(C)CC12CC(C)C2. The maximum atomic E-state index is 2.47. The Kier molecular flexibility index (Phi) is 1.07. The van der Waals surface area contributed by atoms with E-state index in [4.69, 9.17) is 0 Å². The maximum Gasteiger partial charge on any atom is -0.0233 e. The van der Waals surface area contributed by atoms with Crippen LogP contribution in [0.3, 0.4) is 0 Å². The number of hydrogen-bond acceptors (Lipinski definition) is 0. The van der Waals surface area contributed by atoms with Gasteiger partial charge in [0.25, 0.3) is 0 Å². The minimum absolute atomic E-state index is 0.763. The van der Waals surface area contributed by atoms with E-state index in [-0.39, 0.29) is 0 Å². The van der Waals surface area contributed by atoms with Gasteiger partial charge in [0, 0.05) is 0 Å². The van der Waals surface area contributed by atoms with E-state index in [1.165, 1.54) is 25.7 Å². The Bertz CT molecular complexity index is 148. The molecule has 0 aromatic carbocycles. The fourth-order valence-electron chi connectivity index (χ4n) is 3.11. The van der Waals surface area contributed by atoms with Crippen molar-refractivity contribution >= 4 is 0 Å². The zero-order chi connectivity index (χ0) is 7.41. The van der Waals surface area contributed by atoms with Gasteiger partial charge in [0.05, 0.1) is 0 Å². The van der Waals surface area contributed by atoms with E-state index in [1.54, 1.807) is 0 Å². The fraction of sp³-hybridized carbons (Fsp3) is 1.00. The van der Waals surface area contributed by atoms with Crippen molar-refractivity contribution in [2.75, 3.05) is 0 Å². The lowest BCUT2D eigenvalue weighted by molar-refractivity contribution is 0.132. The van der Waals surface area contributed by atoms with E-state index in [9.17, 15) is 0 Å². The summed E-state index contributed by atoms with van der Waals surface area (Å²) in [6, 6.07) is 0. The summed E-state index contributed by atoms with van der Waals surface area (Å²) in [6.07, 6.45) is 5.98. The van der Waals surface area contributed by atoms with Crippen LogP contribution in [-0.2, 0) is 0 Å². The summed E-state index contributed by atoms with van der Waals surface area (Å²) in [5, 5.41) is 0. The second-order valence-corrected chi connectivity index (χ2v) is 4.88. The lowest BCUT2D eigenvalue weighted by Gasteiger charge is -2.37. The second-order valence-electron chi connectivity index (χ2n) is 4.88. The summed E-state index contributed by atoms with van der Waals surface area (Å²) < 4.78 is 0. The molecule has 1 unspecified atom stereocenters. The van der Waals surface area contributed by atoms with Crippen molar-refractivity contribution in [3.8, 4) is 0 Å². The Balaban J connectivity index is 2.00. The summed E-state index contributed by atoms with van der Waals surface area (Å²) in [7, 11) is 0. The third-order valence-corrected chi connectivity index (χ3v) is 4.14. The van der Waals surface area contributed by atoms with Crippen LogP contribution in [0, 0.1) is 16.7 Å². The molecular weight excluding hydrogens is 120 g/mol. The minimum Gasteiger partial charge on any atom is -0.0648 e. The summed E-state index contributed by atoms with van der Waals surface area (Å²) in [5.74, 6) is 1.04. The molecule has 10 heavy (non-hydrogen) atoms. The average Bonchev–Trinajstić information content (AvgIpc) is 2.39. The third-order valence-electron chi connectivity index (χ3n) is 4.14. The van der Waals surface area contributed by atoms with Gasteiger partial charge in [-0.1, -0.05) is 27.2 Å². The van der Waals surface area contributed by atoms with Gasteiger partial charge in [-0.3, -0.25) is 0 Å². The van der Waals surface area contributed by atoms with Crippen LogP contribution in [0.25, 0.3) is 0 Å². The molecule has 0 nitrogen and oxygen atoms in total. The molecule has 2 aliphatic carbocycles. The Morgan fingerprint density at radius 3 is 2.30 bits per heavy atom. The molecule has 0 heterocycles. The molecule has 0 aliphatic heterocycles. The molecule has 0 radical (unpaired) electrons. The van der Waals surface area contributed by atoms with Crippen molar-refractivity contribution in [3.63, 3.8) is 0 Å². The molecule has 2 aliphatic rings. The van der Waals surface area contributed by atoms with Gasteiger partial charge < -0.3 is 0 Å². The Hall–Kier alpha value is 0. The Morgan fingerprint density at radius 1 is 1.40 bits per heavy atom. The molecule has 0 aromatic rings. The Labute approximate surface area is 64.0 Å². The molecule has 2 saturated carbocycles. The van der Waals surface area contributed by atoms with Crippen LogP contribution in [0.15, 0.2) is 0 Å². The highest BCUT2D eigenvalue weighted by molar-refractivity contribution is 5.16. The van der Waals surface area contributed by atoms with Gasteiger partial charge in [-0.2, -0.15) is 0 Å². The zero-order valence-electron chi connectivity index (χ0n) is 7.41. The summed E-state index contributed by atoms with van der Waals surface area (Å²) >= 11 is 0. The molecule has 1 atom stereocenters. The normalized spacial score (nSPS) is 58.5. The summed E-state index contributed by atoms with van der Waals surface area (Å²) in [4.78, 5) is 0. The van der Waals surface area contributed by atoms with E-state index in [1.807, 2.05) is 0 Å². The first-order valence-electron chi connectivity index (χ1n) is 4.62. The van der Waals surface area contributed by atoms with Crippen molar-refractivity contribution in [3.05, 3.63) is 0 Å². The van der Waals surface area contributed by atoms with E-state index >= 15 is 0 Å². The molecule has 1 spiro atoms. The third kappa shape index (κ3) is 0.580. The smallest absolute Gasteiger partial charge is 0.0233 e. The Morgan fingerprint density at radius 2 is 2.00 bits per heavy atom. The first-order valence-corrected chi connectivity index (χ1v) is 4.62. The van der Waals surface area contributed by atoms with Crippen molar-refractivity contribution in [1.29, 1.82) is 0 Å². The van der Waals surface area contributed by atoms with Crippen LogP contribution >= 0.6 is 0 Å². The topological polar surface area (TPSA) is 0 Å². The van der Waals surface area contributed by atoms with Crippen LogP contribution in [0.4, 0.5) is 0 Å². The zero-order valence-corrected chi connectivity index (χ0v) is 7.41. The van der Waals surface area contributed by atoms with Gasteiger partial charge >= 0.3 is 0 Å². The molecule has 2 rings (SSSR count). The first-order chi connectivity index (χ1) is 4.62. The molecule has 0 saturated heterocycles. The molecule has 0 N–H and O–H groups in total. The lowest BCUT2D eigenvalue weighted by atomic mass is 9.68. The molecule has 0 heteroatoms. The number of rotatable bonds is 1. The monoisotopic (exact) mass is 138 g/mol. The van der Waals surface area contributed by atoms with Crippen LogP contribution < -0.4 is 0 Å². The van der Waals surface area contributed by atoms with Crippen LogP contribution in [0.5, 0.6) is 0 Å².